The second kappa shape index (κ2) is 14.9. The highest BCUT2D eigenvalue weighted by molar-refractivity contribution is 6.02. The van der Waals surface area contributed by atoms with Crippen molar-refractivity contribution in [3.05, 3.63) is 101 Å². The quantitative estimate of drug-likeness (QED) is 0.186. The molecule has 0 aliphatic heterocycles. The summed E-state index contributed by atoms with van der Waals surface area (Å²) in [4.78, 5) is 53.4. The number of aryl methyl sites for hydroxylation is 2. The molecule has 1 aromatic heterocycles. The summed E-state index contributed by atoms with van der Waals surface area (Å²) < 4.78 is 10.5. The van der Waals surface area contributed by atoms with Crippen molar-refractivity contribution in [1.29, 1.82) is 0 Å². The number of methoxy groups -OCH3 is 1. The van der Waals surface area contributed by atoms with Crippen molar-refractivity contribution in [2.24, 2.45) is 0 Å². The molecule has 240 valence electrons. The maximum absolute atomic E-state index is 13.4. The van der Waals surface area contributed by atoms with Crippen LogP contribution in [0.25, 0.3) is 0 Å². The average Bonchev–Trinajstić information content (AvgIpc) is 3.49. The molecular formula is C34H37N5O7. The Hall–Kier alpha value is -5.65. The summed E-state index contributed by atoms with van der Waals surface area (Å²) >= 11 is 0. The summed E-state index contributed by atoms with van der Waals surface area (Å²) in [6, 6.07) is 20.2. The molecule has 3 aromatic carbocycles. The molecule has 0 fully saturated rings. The topological polar surface area (TPSA) is 154 Å². The molecule has 4 aromatic rings. The molecule has 0 saturated carbocycles. The van der Waals surface area contributed by atoms with Gasteiger partial charge in [-0.2, -0.15) is 0 Å². The van der Waals surface area contributed by atoms with Gasteiger partial charge in [0.25, 0.3) is 5.91 Å². The molecule has 0 spiro atoms. The van der Waals surface area contributed by atoms with Gasteiger partial charge < -0.3 is 29.9 Å². The largest absolute Gasteiger partial charge is 0.495 e. The molecule has 12 heteroatoms. The number of nitrogens with one attached hydrogen (secondary N) is 2. The Morgan fingerprint density at radius 3 is 2.39 bits per heavy atom. The summed E-state index contributed by atoms with van der Waals surface area (Å²) in [6.07, 6.45) is -0.0101. The van der Waals surface area contributed by atoms with Crippen molar-refractivity contribution in [1.82, 2.24) is 10.5 Å². The predicted octanol–water partition coefficient (Wildman–Crippen LogP) is 5.51. The Kier molecular flexibility index (Phi) is 10.8. The van der Waals surface area contributed by atoms with E-state index in [1.165, 1.54) is 23.0 Å². The summed E-state index contributed by atoms with van der Waals surface area (Å²) in [5.74, 6) is -0.853. The van der Waals surface area contributed by atoms with Crippen molar-refractivity contribution in [2.45, 2.75) is 39.2 Å². The lowest BCUT2D eigenvalue weighted by atomic mass is 10.0. The van der Waals surface area contributed by atoms with Crippen LogP contribution < -0.4 is 25.2 Å². The van der Waals surface area contributed by atoms with Gasteiger partial charge in [0.2, 0.25) is 5.91 Å². The maximum Gasteiger partial charge on any atom is 0.326 e. The van der Waals surface area contributed by atoms with Gasteiger partial charge in [-0.15, -0.1) is 0 Å². The van der Waals surface area contributed by atoms with Crippen molar-refractivity contribution in [3.8, 4) is 5.75 Å². The Morgan fingerprint density at radius 2 is 1.72 bits per heavy atom. The zero-order valence-electron chi connectivity index (χ0n) is 26.4. The van der Waals surface area contributed by atoms with Crippen molar-refractivity contribution in [2.75, 3.05) is 36.3 Å². The van der Waals surface area contributed by atoms with Crippen LogP contribution in [0.3, 0.4) is 0 Å². The number of ether oxygens (including phenoxy) is 1. The van der Waals surface area contributed by atoms with Crippen molar-refractivity contribution >= 4 is 40.9 Å². The fourth-order valence-electron chi connectivity index (χ4n) is 4.88. The fraction of sp³-hybridized carbons (Fsp3) is 0.265. The van der Waals surface area contributed by atoms with E-state index in [4.69, 9.17) is 9.26 Å². The number of hydrogen-bond donors (Lipinski definition) is 3. The normalized spacial score (nSPS) is 11.3. The van der Waals surface area contributed by atoms with Gasteiger partial charge in [0.15, 0.2) is 5.69 Å². The molecule has 12 nitrogen and oxygen atoms in total. The van der Waals surface area contributed by atoms with E-state index < -0.39 is 17.9 Å². The number of aliphatic carboxylic acids is 1. The lowest BCUT2D eigenvalue weighted by molar-refractivity contribution is -0.137. The first-order valence-corrected chi connectivity index (χ1v) is 14.6. The van der Waals surface area contributed by atoms with Gasteiger partial charge in [0, 0.05) is 38.0 Å². The molecular weight excluding hydrogens is 590 g/mol. The molecule has 0 aliphatic rings. The third kappa shape index (κ3) is 8.29. The van der Waals surface area contributed by atoms with Gasteiger partial charge in [0.1, 0.15) is 11.5 Å². The van der Waals surface area contributed by atoms with E-state index in [1.807, 2.05) is 31.2 Å². The average molecular weight is 628 g/mol. The highest BCUT2D eigenvalue weighted by Crippen LogP contribution is 2.29. The third-order valence-corrected chi connectivity index (χ3v) is 7.49. The van der Waals surface area contributed by atoms with Gasteiger partial charge in [0.05, 0.1) is 25.3 Å². The monoisotopic (exact) mass is 627 g/mol. The van der Waals surface area contributed by atoms with Crippen LogP contribution in [0.5, 0.6) is 5.75 Å². The number of para-hydroxylation sites is 1. The molecule has 1 heterocycles. The first-order chi connectivity index (χ1) is 22.0. The molecule has 1 atom stereocenters. The molecule has 46 heavy (non-hydrogen) atoms. The zero-order chi connectivity index (χ0) is 33.4. The number of benzene rings is 3. The summed E-state index contributed by atoms with van der Waals surface area (Å²) in [5.41, 5.74) is 4.13. The van der Waals surface area contributed by atoms with Crippen LogP contribution in [0.4, 0.5) is 21.9 Å². The van der Waals surface area contributed by atoms with Crippen molar-refractivity contribution in [3.63, 3.8) is 0 Å². The predicted molar refractivity (Wildman–Crippen MR) is 173 cm³/mol. The number of carboxylic acids is 1. The first kappa shape index (κ1) is 33.2. The van der Waals surface area contributed by atoms with E-state index in [0.29, 0.717) is 34.0 Å². The molecule has 0 bridgehead atoms. The minimum Gasteiger partial charge on any atom is -0.495 e. The lowest BCUT2D eigenvalue weighted by Crippen LogP contribution is -2.31. The second-order valence-electron chi connectivity index (χ2n) is 10.8. The molecule has 0 aliphatic carbocycles. The Morgan fingerprint density at radius 1 is 0.957 bits per heavy atom. The molecule has 4 rings (SSSR count). The Bertz CT molecular complexity index is 1730. The van der Waals surface area contributed by atoms with Crippen LogP contribution in [-0.4, -0.2) is 55.3 Å². The molecule has 4 amide bonds. The number of hydrogen-bond acceptors (Lipinski definition) is 7. The van der Waals surface area contributed by atoms with Crippen LogP contribution in [0.15, 0.2) is 77.3 Å². The number of carboxylic acid groups (broad SMARTS) is 1. The van der Waals surface area contributed by atoms with Gasteiger partial charge in [-0.05, 0) is 67.3 Å². The van der Waals surface area contributed by atoms with E-state index in [-0.39, 0.29) is 36.9 Å². The Balaban J connectivity index is 1.46. The first-order valence-electron chi connectivity index (χ1n) is 14.6. The van der Waals surface area contributed by atoms with Crippen LogP contribution >= 0.6 is 0 Å². The van der Waals surface area contributed by atoms with Gasteiger partial charge in [-0.25, -0.2) is 4.79 Å². The summed E-state index contributed by atoms with van der Waals surface area (Å²) in [5, 5.41) is 18.7. The highest BCUT2D eigenvalue weighted by atomic mass is 16.5. The van der Waals surface area contributed by atoms with Crippen molar-refractivity contribution < 1.29 is 33.5 Å². The van der Waals surface area contributed by atoms with E-state index in [1.54, 1.807) is 63.5 Å². The standard InChI is InChI=1S/C34H37N5O7/c1-21-9-6-7-12-29(21)39(4)34(44)36-27-14-13-23(18-30(27)45-5)19-31(40)38(3)25-11-8-10-24(20-25)26(15-16-32(41)42)35-33(43)28-17-22(2)46-37-28/h6-14,17-18,20,26H,15-16,19H2,1-5H3,(H,35,43)(H,36,44)(H,41,42). The van der Waals surface area contributed by atoms with Crippen LogP contribution in [0.1, 0.15) is 51.8 Å². The van der Waals surface area contributed by atoms with E-state index in [2.05, 4.69) is 15.8 Å². The number of anilines is 3. The lowest BCUT2D eigenvalue weighted by Gasteiger charge is -2.22. The Labute approximate surface area is 266 Å². The fourth-order valence-corrected chi connectivity index (χ4v) is 4.88. The highest BCUT2D eigenvalue weighted by Gasteiger charge is 2.22. The number of amides is 4. The summed E-state index contributed by atoms with van der Waals surface area (Å²) in [7, 11) is 4.81. The van der Waals surface area contributed by atoms with Gasteiger partial charge in [-0.3, -0.25) is 19.3 Å². The maximum atomic E-state index is 13.4. The SMILES string of the molecule is COc1cc(CC(=O)N(C)c2cccc(C(CCC(=O)O)NC(=O)c3cc(C)on3)c2)ccc1NC(=O)N(C)c1ccccc1C. The van der Waals surface area contributed by atoms with Crippen LogP contribution in [0, 0.1) is 13.8 Å². The number of aromatic nitrogens is 1. The zero-order valence-corrected chi connectivity index (χ0v) is 26.4. The van der Waals surface area contributed by atoms with Crippen LogP contribution in [-0.2, 0) is 16.0 Å². The number of nitrogens with zero attached hydrogens (tertiary/aromatic N) is 3. The number of likely N-dealkylation sites (N-methyl/N-ethyl adjacent to an activating group) is 1. The van der Waals surface area contributed by atoms with Crippen LogP contribution in [0.2, 0.25) is 0 Å². The number of carbonyl (C=O) groups excluding carboxylic acids is 3. The van der Waals surface area contributed by atoms with Gasteiger partial charge >= 0.3 is 12.0 Å². The number of carbonyl (C=O) groups is 4. The third-order valence-electron chi connectivity index (χ3n) is 7.49. The minimum absolute atomic E-state index is 0.0408. The molecule has 0 radical (unpaired) electrons. The number of urea groups is 1. The van der Waals surface area contributed by atoms with E-state index in [0.717, 1.165) is 11.3 Å². The second-order valence-corrected chi connectivity index (χ2v) is 10.8. The van der Waals surface area contributed by atoms with E-state index >= 15 is 0 Å². The molecule has 0 saturated heterocycles. The van der Waals surface area contributed by atoms with E-state index in [9.17, 15) is 24.3 Å². The van der Waals surface area contributed by atoms with Gasteiger partial charge in [-0.1, -0.05) is 41.6 Å². The number of rotatable bonds is 12. The smallest absolute Gasteiger partial charge is 0.326 e. The summed E-state index contributed by atoms with van der Waals surface area (Å²) in [6.45, 7) is 3.59. The molecule has 3 N–H and O–H groups in total. The molecule has 1 unspecified atom stereocenters. The minimum atomic E-state index is -1.00.